The van der Waals surface area contributed by atoms with E-state index in [0.717, 1.165) is 16.0 Å². The summed E-state index contributed by atoms with van der Waals surface area (Å²) < 4.78 is 33.7. The van der Waals surface area contributed by atoms with E-state index in [-0.39, 0.29) is 11.6 Å². The minimum Gasteiger partial charge on any atom is -0.497 e. The van der Waals surface area contributed by atoms with Crippen molar-refractivity contribution in [2.45, 2.75) is 26.4 Å². The highest BCUT2D eigenvalue weighted by Gasteiger charge is 2.21. The number of alkyl halides is 2. The molecule has 3 aromatic rings. The van der Waals surface area contributed by atoms with Gasteiger partial charge in [-0.1, -0.05) is 23.7 Å². The Morgan fingerprint density at radius 3 is 2.86 bits per heavy atom. The summed E-state index contributed by atoms with van der Waals surface area (Å²) in [5.74, 6) is 0.318. The fourth-order valence-electron chi connectivity index (χ4n) is 2.65. The molecule has 0 aliphatic rings. The van der Waals surface area contributed by atoms with Crippen LogP contribution in [0.5, 0.6) is 5.75 Å². The fraction of sp³-hybridized carbons (Fsp3) is 0.278. The van der Waals surface area contributed by atoms with Gasteiger partial charge in [0.1, 0.15) is 18.0 Å². The number of aromatic nitrogens is 4. The van der Waals surface area contributed by atoms with E-state index in [4.69, 9.17) is 16.3 Å². The summed E-state index contributed by atoms with van der Waals surface area (Å²) in [6.45, 7) is 1.79. The molecule has 0 aliphatic carbocycles. The van der Waals surface area contributed by atoms with Gasteiger partial charge in [-0.05, 0) is 24.6 Å². The molecule has 0 bridgehead atoms. The lowest BCUT2D eigenvalue weighted by Gasteiger charge is -2.05. The monoisotopic (exact) mass is 409 g/mol. The second-order valence-corrected chi connectivity index (χ2v) is 6.45. The van der Waals surface area contributed by atoms with Gasteiger partial charge in [0.15, 0.2) is 0 Å². The first kappa shape index (κ1) is 19.8. The second kappa shape index (κ2) is 8.39. The number of benzene rings is 1. The zero-order chi connectivity index (χ0) is 20.3. The van der Waals surface area contributed by atoms with Gasteiger partial charge in [-0.25, -0.2) is 8.78 Å². The highest BCUT2D eigenvalue weighted by atomic mass is 35.5. The Morgan fingerprint density at radius 1 is 1.39 bits per heavy atom. The van der Waals surface area contributed by atoms with Crippen molar-refractivity contribution in [2.75, 3.05) is 12.4 Å². The number of anilines is 1. The summed E-state index contributed by atoms with van der Waals surface area (Å²) in [5.41, 5.74) is 1.25. The lowest BCUT2D eigenvalue weighted by Crippen LogP contribution is -2.20. The van der Waals surface area contributed by atoms with Crippen molar-refractivity contribution in [1.29, 1.82) is 0 Å². The Hall–Kier alpha value is -2.94. The van der Waals surface area contributed by atoms with E-state index < -0.39 is 18.0 Å². The zero-order valence-corrected chi connectivity index (χ0v) is 16.0. The normalized spacial score (nSPS) is 11.1. The Morgan fingerprint density at radius 2 is 2.18 bits per heavy atom. The van der Waals surface area contributed by atoms with E-state index in [1.165, 1.54) is 13.1 Å². The first-order valence-corrected chi connectivity index (χ1v) is 8.71. The number of carbonyl (C=O) groups excluding carboxylic acids is 1. The average molecular weight is 410 g/mol. The van der Waals surface area contributed by atoms with Crippen LogP contribution in [0.4, 0.5) is 14.5 Å². The van der Waals surface area contributed by atoms with E-state index in [2.05, 4.69) is 15.5 Å². The highest BCUT2D eigenvalue weighted by molar-refractivity contribution is 6.31. The van der Waals surface area contributed by atoms with Crippen LogP contribution < -0.4 is 10.1 Å². The van der Waals surface area contributed by atoms with Crippen molar-refractivity contribution in [1.82, 2.24) is 19.6 Å². The number of rotatable bonds is 7. The molecule has 1 N–H and O–H groups in total. The lowest BCUT2D eigenvalue weighted by atomic mass is 10.2. The summed E-state index contributed by atoms with van der Waals surface area (Å²) in [6.07, 6.45) is 0.376. The van der Waals surface area contributed by atoms with Crippen LogP contribution >= 0.6 is 11.6 Å². The number of nitrogens with zero attached hydrogens (tertiary/aromatic N) is 4. The maximum Gasteiger partial charge on any atom is 0.283 e. The molecule has 0 saturated heterocycles. The number of amides is 1. The van der Waals surface area contributed by atoms with Crippen LogP contribution in [0.25, 0.3) is 0 Å². The molecule has 2 aromatic heterocycles. The molecule has 28 heavy (non-hydrogen) atoms. The average Bonchev–Trinajstić information content (AvgIpc) is 3.21. The van der Waals surface area contributed by atoms with Crippen molar-refractivity contribution < 1.29 is 18.3 Å². The molecule has 2 heterocycles. The lowest BCUT2D eigenvalue weighted by molar-refractivity contribution is -0.117. The molecule has 7 nitrogen and oxygen atoms in total. The standard InChI is InChI=1S/C18H18ClF2N5O2/c1-11-16(19)17(18(20)21)24-26(11)10-15(27)23-13-7-22-25(9-13)8-12-4-3-5-14(6-12)28-2/h3-7,9,18H,8,10H2,1-2H3,(H,23,27). The minimum atomic E-state index is -2.80. The third-order valence-electron chi connectivity index (χ3n) is 4.05. The molecule has 3 rings (SSSR count). The quantitative estimate of drug-likeness (QED) is 0.646. The van der Waals surface area contributed by atoms with Gasteiger partial charge in [0.25, 0.3) is 6.43 Å². The topological polar surface area (TPSA) is 74.0 Å². The Kier molecular flexibility index (Phi) is 5.93. The summed E-state index contributed by atoms with van der Waals surface area (Å²) >= 11 is 5.84. The van der Waals surface area contributed by atoms with E-state index in [1.54, 1.807) is 18.0 Å². The van der Waals surface area contributed by atoms with Crippen LogP contribution in [0, 0.1) is 6.92 Å². The summed E-state index contributed by atoms with van der Waals surface area (Å²) in [4.78, 5) is 12.2. The van der Waals surface area contributed by atoms with Crippen molar-refractivity contribution >= 4 is 23.2 Å². The molecule has 0 saturated carbocycles. The second-order valence-electron chi connectivity index (χ2n) is 6.07. The van der Waals surface area contributed by atoms with Crippen LogP contribution in [0.1, 0.15) is 23.4 Å². The molecule has 0 radical (unpaired) electrons. The van der Waals surface area contributed by atoms with Crippen molar-refractivity contribution in [3.63, 3.8) is 0 Å². The molecule has 1 aromatic carbocycles. The zero-order valence-electron chi connectivity index (χ0n) is 15.2. The van der Waals surface area contributed by atoms with Gasteiger partial charge in [0, 0.05) is 6.20 Å². The Labute approximate surface area is 164 Å². The summed E-state index contributed by atoms with van der Waals surface area (Å²) in [5, 5.41) is 10.4. The third-order valence-corrected chi connectivity index (χ3v) is 4.52. The molecular weight excluding hydrogens is 392 g/mol. The van der Waals surface area contributed by atoms with Gasteiger partial charge >= 0.3 is 0 Å². The van der Waals surface area contributed by atoms with Gasteiger partial charge in [-0.3, -0.25) is 14.2 Å². The summed E-state index contributed by atoms with van der Waals surface area (Å²) in [7, 11) is 1.60. The maximum atomic E-state index is 12.9. The van der Waals surface area contributed by atoms with Gasteiger partial charge < -0.3 is 10.1 Å². The maximum absolute atomic E-state index is 12.9. The van der Waals surface area contributed by atoms with Crippen LogP contribution in [-0.4, -0.2) is 32.6 Å². The fourth-order valence-corrected chi connectivity index (χ4v) is 2.87. The smallest absolute Gasteiger partial charge is 0.283 e. The predicted octanol–water partition coefficient (Wildman–Crippen LogP) is 3.67. The number of ether oxygens (including phenoxy) is 1. The van der Waals surface area contributed by atoms with Gasteiger partial charge in [0.2, 0.25) is 5.91 Å². The number of nitrogens with one attached hydrogen (secondary N) is 1. The van der Waals surface area contributed by atoms with Crippen molar-refractivity contribution in [3.05, 3.63) is 58.6 Å². The number of hydrogen-bond acceptors (Lipinski definition) is 4. The first-order valence-electron chi connectivity index (χ1n) is 8.33. The largest absolute Gasteiger partial charge is 0.497 e. The first-order chi connectivity index (χ1) is 13.4. The predicted molar refractivity (Wildman–Crippen MR) is 99.9 cm³/mol. The molecule has 0 spiro atoms. The number of hydrogen-bond donors (Lipinski definition) is 1. The van der Waals surface area contributed by atoms with Crippen molar-refractivity contribution in [3.8, 4) is 5.75 Å². The molecule has 10 heteroatoms. The minimum absolute atomic E-state index is 0.131. The Balaban J connectivity index is 1.63. The van der Waals surface area contributed by atoms with Crippen LogP contribution in [-0.2, 0) is 17.9 Å². The molecule has 0 fully saturated rings. The van der Waals surface area contributed by atoms with Crippen LogP contribution in [0.3, 0.4) is 0 Å². The molecular formula is C18H18ClF2N5O2. The third kappa shape index (κ3) is 4.48. The highest BCUT2D eigenvalue weighted by Crippen LogP contribution is 2.28. The molecule has 0 unspecified atom stereocenters. The van der Waals surface area contributed by atoms with E-state index >= 15 is 0 Å². The molecule has 1 amide bonds. The summed E-state index contributed by atoms with van der Waals surface area (Å²) in [6, 6.07) is 7.56. The van der Waals surface area contributed by atoms with E-state index in [1.807, 2.05) is 24.3 Å². The molecule has 0 atom stereocenters. The number of halogens is 3. The van der Waals surface area contributed by atoms with Crippen molar-refractivity contribution in [2.24, 2.45) is 0 Å². The molecule has 0 aliphatic heterocycles. The number of carbonyl (C=O) groups is 1. The van der Waals surface area contributed by atoms with Gasteiger partial charge in [-0.15, -0.1) is 0 Å². The molecule has 148 valence electrons. The van der Waals surface area contributed by atoms with Gasteiger partial charge in [0.05, 0.1) is 36.3 Å². The Bertz CT molecular complexity index is 986. The van der Waals surface area contributed by atoms with E-state index in [9.17, 15) is 13.6 Å². The van der Waals surface area contributed by atoms with Crippen LogP contribution in [0.2, 0.25) is 5.02 Å². The van der Waals surface area contributed by atoms with E-state index in [0.29, 0.717) is 17.9 Å². The van der Waals surface area contributed by atoms with Crippen LogP contribution in [0.15, 0.2) is 36.7 Å². The number of methoxy groups -OCH3 is 1. The SMILES string of the molecule is COc1cccc(Cn2cc(NC(=O)Cn3nc(C(F)F)c(Cl)c3C)cn2)c1. The van der Waals surface area contributed by atoms with Gasteiger partial charge in [-0.2, -0.15) is 10.2 Å².